The Morgan fingerprint density at radius 2 is 1.78 bits per heavy atom. The third-order valence-corrected chi connectivity index (χ3v) is 3.67. The Hall–Kier alpha value is -3.02. The van der Waals surface area contributed by atoms with Gasteiger partial charge in [-0.2, -0.15) is 0 Å². The van der Waals surface area contributed by atoms with Gasteiger partial charge in [0.1, 0.15) is 11.5 Å². The number of ether oxygens (including phenoxy) is 3. The van der Waals surface area contributed by atoms with Crippen molar-refractivity contribution in [3.05, 3.63) is 54.1 Å². The summed E-state index contributed by atoms with van der Waals surface area (Å²) in [5.74, 6) is 0.539. The van der Waals surface area contributed by atoms with E-state index in [1.165, 1.54) is 6.92 Å². The van der Waals surface area contributed by atoms with E-state index in [2.05, 4.69) is 5.32 Å². The number of carbonyl (C=O) groups excluding carboxylic acids is 2. The van der Waals surface area contributed by atoms with Gasteiger partial charge in [-0.3, -0.25) is 9.59 Å². The van der Waals surface area contributed by atoms with Crippen LogP contribution >= 0.6 is 0 Å². The molecule has 0 heterocycles. The predicted molar refractivity (Wildman–Crippen MR) is 103 cm³/mol. The van der Waals surface area contributed by atoms with E-state index in [-0.39, 0.29) is 13.0 Å². The number of hydrogen-bond acceptors (Lipinski definition) is 5. The minimum Gasteiger partial charge on any atom is -0.494 e. The van der Waals surface area contributed by atoms with Crippen LogP contribution in [0, 0.1) is 6.92 Å². The van der Waals surface area contributed by atoms with Gasteiger partial charge in [0.25, 0.3) is 5.91 Å². The van der Waals surface area contributed by atoms with Crippen LogP contribution in [0.15, 0.2) is 48.5 Å². The summed E-state index contributed by atoms with van der Waals surface area (Å²) in [5, 5.41) is 2.70. The van der Waals surface area contributed by atoms with Gasteiger partial charge in [0.05, 0.1) is 19.6 Å². The zero-order chi connectivity index (χ0) is 19.6. The van der Waals surface area contributed by atoms with Crippen LogP contribution in [-0.4, -0.2) is 31.2 Å². The van der Waals surface area contributed by atoms with Gasteiger partial charge in [-0.1, -0.05) is 12.1 Å². The largest absolute Gasteiger partial charge is 0.494 e. The fourth-order valence-corrected chi connectivity index (χ4v) is 2.31. The Bertz CT molecular complexity index is 757. The average Bonchev–Trinajstić information content (AvgIpc) is 2.63. The fourth-order valence-electron chi connectivity index (χ4n) is 2.31. The van der Waals surface area contributed by atoms with E-state index in [0.717, 1.165) is 11.3 Å². The van der Waals surface area contributed by atoms with Crippen molar-refractivity contribution in [1.82, 2.24) is 0 Å². The van der Waals surface area contributed by atoms with Crippen LogP contribution in [0.4, 0.5) is 5.69 Å². The molecule has 0 saturated carbocycles. The highest BCUT2D eigenvalue weighted by Crippen LogP contribution is 2.16. The molecular formula is C21H25NO5. The van der Waals surface area contributed by atoms with Crippen molar-refractivity contribution in [3.63, 3.8) is 0 Å². The van der Waals surface area contributed by atoms with Crippen molar-refractivity contribution in [2.75, 3.05) is 18.5 Å². The molecule has 1 atom stereocenters. The van der Waals surface area contributed by atoms with Crippen molar-refractivity contribution in [1.29, 1.82) is 0 Å². The SMILES string of the molecule is CCOc1ccc(NC(=O)[C@H](C)OC(=O)CCOc2cccc(C)c2)cc1. The second kappa shape index (κ2) is 10.2. The van der Waals surface area contributed by atoms with Crippen LogP contribution in [0.1, 0.15) is 25.8 Å². The number of esters is 1. The molecule has 1 N–H and O–H groups in total. The van der Waals surface area contributed by atoms with Gasteiger partial charge < -0.3 is 19.5 Å². The molecule has 0 saturated heterocycles. The summed E-state index contributed by atoms with van der Waals surface area (Å²) in [5.41, 5.74) is 1.68. The molecule has 0 fully saturated rings. The molecule has 27 heavy (non-hydrogen) atoms. The average molecular weight is 371 g/mol. The summed E-state index contributed by atoms with van der Waals surface area (Å²) in [6.07, 6.45) is -0.836. The summed E-state index contributed by atoms with van der Waals surface area (Å²) in [6.45, 7) is 6.16. The maximum atomic E-state index is 12.1. The van der Waals surface area contributed by atoms with E-state index in [9.17, 15) is 9.59 Å². The van der Waals surface area contributed by atoms with Gasteiger partial charge in [-0.05, 0) is 62.7 Å². The van der Waals surface area contributed by atoms with E-state index in [1.807, 2.05) is 38.1 Å². The molecule has 1 amide bonds. The first-order valence-electron chi connectivity index (χ1n) is 8.90. The zero-order valence-corrected chi connectivity index (χ0v) is 15.9. The van der Waals surface area contributed by atoms with E-state index in [1.54, 1.807) is 24.3 Å². The molecule has 0 aliphatic rings. The molecule has 0 bridgehead atoms. The summed E-state index contributed by atoms with van der Waals surface area (Å²) in [4.78, 5) is 24.0. The molecule has 0 aromatic heterocycles. The van der Waals surface area contributed by atoms with Crippen LogP contribution in [0.2, 0.25) is 0 Å². The summed E-state index contributed by atoms with van der Waals surface area (Å²) in [6, 6.07) is 14.5. The topological polar surface area (TPSA) is 73.9 Å². The first kappa shape index (κ1) is 20.3. The van der Waals surface area contributed by atoms with Crippen molar-refractivity contribution < 1.29 is 23.8 Å². The van der Waals surface area contributed by atoms with Crippen LogP contribution in [-0.2, 0) is 14.3 Å². The Morgan fingerprint density at radius 3 is 2.44 bits per heavy atom. The quantitative estimate of drug-likeness (QED) is 0.680. The lowest BCUT2D eigenvalue weighted by Gasteiger charge is -2.14. The van der Waals surface area contributed by atoms with Crippen LogP contribution in [0.3, 0.4) is 0 Å². The number of anilines is 1. The number of nitrogens with one attached hydrogen (secondary N) is 1. The second-order valence-electron chi connectivity index (χ2n) is 5.99. The number of amides is 1. The van der Waals surface area contributed by atoms with Gasteiger partial charge in [0.15, 0.2) is 6.10 Å². The predicted octanol–water partition coefficient (Wildman–Crippen LogP) is 3.73. The number of carbonyl (C=O) groups is 2. The molecule has 144 valence electrons. The number of rotatable bonds is 9. The number of aryl methyl sites for hydroxylation is 1. The highest BCUT2D eigenvalue weighted by molar-refractivity contribution is 5.95. The Labute approximate surface area is 159 Å². The van der Waals surface area contributed by atoms with Gasteiger partial charge in [0.2, 0.25) is 0 Å². The molecule has 0 aliphatic carbocycles. The van der Waals surface area contributed by atoms with E-state index in [4.69, 9.17) is 14.2 Å². The molecule has 2 aromatic carbocycles. The Balaban J connectivity index is 1.73. The molecule has 6 heteroatoms. The lowest BCUT2D eigenvalue weighted by atomic mass is 10.2. The van der Waals surface area contributed by atoms with Crippen LogP contribution in [0.5, 0.6) is 11.5 Å². The minimum absolute atomic E-state index is 0.0641. The molecule has 0 aliphatic heterocycles. The number of benzene rings is 2. The Kier molecular flexibility index (Phi) is 7.67. The zero-order valence-electron chi connectivity index (χ0n) is 15.9. The Morgan fingerprint density at radius 1 is 1.04 bits per heavy atom. The van der Waals surface area contributed by atoms with Crippen molar-refractivity contribution in [2.45, 2.75) is 33.3 Å². The highest BCUT2D eigenvalue weighted by Gasteiger charge is 2.18. The van der Waals surface area contributed by atoms with Gasteiger partial charge >= 0.3 is 5.97 Å². The molecular weight excluding hydrogens is 346 g/mol. The molecule has 0 radical (unpaired) electrons. The lowest BCUT2D eigenvalue weighted by molar-refractivity contribution is -0.153. The van der Waals surface area contributed by atoms with E-state index < -0.39 is 18.0 Å². The second-order valence-corrected chi connectivity index (χ2v) is 5.99. The summed E-state index contributed by atoms with van der Waals surface area (Å²) < 4.78 is 16.0. The molecule has 2 aromatic rings. The standard InChI is InChI=1S/C21H25NO5/c1-4-25-18-10-8-17(9-11-18)22-21(24)16(3)27-20(23)12-13-26-19-7-5-6-15(2)14-19/h5-11,14,16H,4,12-13H2,1-3H3,(H,22,24)/t16-/m0/s1. The van der Waals surface area contributed by atoms with Gasteiger partial charge in [-0.25, -0.2) is 0 Å². The molecule has 0 unspecified atom stereocenters. The first-order chi connectivity index (χ1) is 13.0. The maximum Gasteiger partial charge on any atom is 0.310 e. The third-order valence-electron chi connectivity index (χ3n) is 3.67. The van der Waals surface area contributed by atoms with Gasteiger partial charge in [0, 0.05) is 5.69 Å². The third kappa shape index (κ3) is 7.01. The summed E-state index contributed by atoms with van der Waals surface area (Å²) in [7, 11) is 0. The van der Waals surface area contributed by atoms with E-state index in [0.29, 0.717) is 18.0 Å². The minimum atomic E-state index is -0.900. The van der Waals surface area contributed by atoms with Crippen molar-refractivity contribution >= 4 is 17.6 Å². The monoisotopic (exact) mass is 371 g/mol. The van der Waals surface area contributed by atoms with Gasteiger partial charge in [-0.15, -0.1) is 0 Å². The molecule has 2 rings (SSSR count). The van der Waals surface area contributed by atoms with Crippen LogP contribution in [0.25, 0.3) is 0 Å². The van der Waals surface area contributed by atoms with Crippen LogP contribution < -0.4 is 14.8 Å². The lowest BCUT2D eigenvalue weighted by Crippen LogP contribution is -2.30. The van der Waals surface area contributed by atoms with Crippen molar-refractivity contribution in [3.8, 4) is 11.5 Å². The smallest absolute Gasteiger partial charge is 0.310 e. The molecule has 6 nitrogen and oxygen atoms in total. The normalized spacial score (nSPS) is 11.4. The van der Waals surface area contributed by atoms with Crippen molar-refractivity contribution in [2.24, 2.45) is 0 Å². The van der Waals surface area contributed by atoms with E-state index >= 15 is 0 Å². The highest BCUT2D eigenvalue weighted by atomic mass is 16.5. The first-order valence-corrected chi connectivity index (χ1v) is 8.90. The fraction of sp³-hybridized carbons (Fsp3) is 0.333. The molecule has 0 spiro atoms. The maximum absolute atomic E-state index is 12.1. The number of hydrogen-bond donors (Lipinski definition) is 1. The summed E-state index contributed by atoms with van der Waals surface area (Å²) >= 11 is 0.